The van der Waals surface area contributed by atoms with E-state index >= 15 is 0 Å². The number of anilines is 2. The second-order valence-electron chi connectivity index (χ2n) is 8.15. The summed E-state index contributed by atoms with van der Waals surface area (Å²) < 4.78 is 0. The quantitative estimate of drug-likeness (QED) is 0.509. The van der Waals surface area contributed by atoms with Gasteiger partial charge in [0, 0.05) is 9.79 Å². The summed E-state index contributed by atoms with van der Waals surface area (Å²) in [5.41, 5.74) is 5.57. The minimum atomic E-state index is 0.178. The van der Waals surface area contributed by atoms with Crippen molar-refractivity contribution in [3.63, 3.8) is 0 Å². The van der Waals surface area contributed by atoms with E-state index < -0.39 is 0 Å². The third-order valence-electron chi connectivity index (χ3n) is 4.18. The van der Waals surface area contributed by atoms with Crippen molar-refractivity contribution in [3.05, 3.63) is 47.5 Å². The summed E-state index contributed by atoms with van der Waals surface area (Å²) in [6.07, 6.45) is 0. The second kappa shape index (κ2) is 5.06. The van der Waals surface area contributed by atoms with Crippen LogP contribution in [-0.2, 0) is 10.8 Å². The fraction of sp³-hybridized carbons (Fsp3) is 0.400. The number of rotatable bonds is 0. The molecule has 1 nitrogen and oxygen atoms in total. The molecule has 0 atom stereocenters. The molecule has 116 valence electrons. The van der Waals surface area contributed by atoms with Crippen molar-refractivity contribution in [1.29, 1.82) is 0 Å². The first kappa shape index (κ1) is 15.5. The van der Waals surface area contributed by atoms with Gasteiger partial charge < -0.3 is 5.32 Å². The molecule has 2 aromatic carbocycles. The minimum Gasteiger partial charge on any atom is -0.354 e. The highest BCUT2D eigenvalue weighted by Gasteiger charge is 2.22. The van der Waals surface area contributed by atoms with E-state index in [1.165, 1.54) is 32.3 Å². The molecule has 2 aromatic rings. The molecule has 1 aliphatic heterocycles. The van der Waals surface area contributed by atoms with Crippen LogP contribution in [0, 0.1) is 0 Å². The predicted molar refractivity (Wildman–Crippen MR) is 97.7 cm³/mol. The minimum absolute atomic E-state index is 0.178. The first-order valence-corrected chi connectivity index (χ1v) is 8.70. The van der Waals surface area contributed by atoms with Gasteiger partial charge in [0.15, 0.2) is 0 Å². The molecule has 0 fully saturated rings. The van der Waals surface area contributed by atoms with Gasteiger partial charge in [-0.25, -0.2) is 0 Å². The van der Waals surface area contributed by atoms with Crippen LogP contribution in [0.4, 0.5) is 11.4 Å². The smallest absolute Gasteiger partial charge is 0.0529 e. The van der Waals surface area contributed by atoms with E-state index in [0.29, 0.717) is 0 Å². The van der Waals surface area contributed by atoms with Crippen LogP contribution in [0.25, 0.3) is 0 Å². The first-order chi connectivity index (χ1) is 10.1. The molecule has 22 heavy (non-hydrogen) atoms. The molecule has 0 spiro atoms. The summed E-state index contributed by atoms with van der Waals surface area (Å²) in [4.78, 5) is 2.63. The fourth-order valence-electron chi connectivity index (χ4n) is 2.62. The summed E-state index contributed by atoms with van der Waals surface area (Å²) in [7, 11) is 0. The van der Waals surface area contributed by atoms with E-state index in [-0.39, 0.29) is 10.8 Å². The van der Waals surface area contributed by atoms with Gasteiger partial charge in [0.25, 0.3) is 0 Å². The van der Waals surface area contributed by atoms with E-state index in [0.717, 1.165) is 0 Å². The van der Waals surface area contributed by atoms with Crippen molar-refractivity contribution in [2.75, 3.05) is 5.32 Å². The van der Waals surface area contributed by atoms with Crippen LogP contribution in [0.5, 0.6) is 0 Å². The molecule has 0 saturated heterocycles. The van der Waals surface area contributed by atoms with Crippen molar-refractivity contribution in [2.24, 2.45) is 0 Å². The lowest BCUT2D eigenvalue weighted by Gasteiger charge is -2.27. The fourth-order valence-corrected chi connectivity index (χ4v) is 3.63. The number of benzene rings is 2. The molecule has 1 aliphatic rings. The van der Waals surface area contributed by atoms with Gasteiger partial charge in [-0.15, -0.1) is 0 Å². The topological polar surface area (TPSA) is 12.0 Å². The van der Waals surface area contributed by atoms with Crippen molar-refractivity contribution in [2.45, 2.75) is 62.2 Å². The van der Waals surface area contributed by atoms with Gasteiger partial charge in [-0.3, -0.25) is 0 Å². The molecule has 0 amide bonds. The molecular formula is C20H25NS. The molecule has 0 aliphatic carbocycles. The molecular weight excluding hydrogens is 286 g/mol. The van der Waals surface area contributed by atoms with Gasteiger partial charge in [0.05, 0.1) is 11.4 Å². The van der Waals surface area contributed by atoms with E-state index in [2.05, 4.69) is 83.3 Å². The van der Waals surface area contributed by atoms with Gasteiger partial charge in [0.1, 0.15) is 0 Å². The maximum Gasteiger partial charge on any atom is 0.0529 e. The average Bonchev–Trinajstić information content (AvgIpc) is 2.41. The van der Waals surface area contributed by atoms with Gasteiger partial charge >= 0.3 is 0 Å². The summed E-state index contributed by atoms with van der Waals surface area (Å²) in [6, 6.07) is 13.6. The molecule has 0 unspecified atom stereocenters. The molecule has 1 heterocycles. The Bertz CT molecular complexity index is 654. The zero-order valence-corrected chi connectivity index (χ0v) is 15.2. The Morgan fingerprint density at radius 3 is 1.91 bits per heavy atom. The van der Waals surface area contributed by atoms with Crippen LogP contribution < -0.4 is 5.32 Å². The Hall–Kier alpha value is -1.41. The van der Waals surface area contributed by atoms with Gasteiger partial charge in [-0.2, -0.15) is 0 Å². The molecule has 0 saturated carbocycles. The lowest BCUT2D eigenvalue weighted by atomic mass is 9.86. The summed E-state index contributed by atoms with van der Waals surface area (Å²) >= 11 is 1.87. The monoisotopic (exact) mass is 311 g/mol. The maximum absolute atomic E-state index is 3.61. The summed E-state index contributed by atoms with van der Waals surface area (Å²) in [5, 5.41) is 3.61. The Labute approximate surface area is 138 Å². The Balaban J connectivity index is 1.99. The number of fused-ring (bicyclic) bond motifs is 2. The van der Waals surface area contributed by atoms with Crippen LogP contribution in [0.1, 0.15) is 52.7 Å². The lowest BCUT2D eigenvalue weighted by Crippen LogP contribution is -2.13. The highest BCUT2D eigenvalue weighted by molar-refractivity contribution is 7.99. The van der Waals surface area contributed by atoms with Gasteiger partial charge in [-0.05, 0) is 46.2 Å². The predicted octanol–water partition coefficient (Wildman–Crippen LogP) is 6.49. The third-order valence-corrected chi connectivity index (χ3v) is 5.32. The third kappa shape index (κ3) is 2.89. The molecule has 0 bridgehead atoms. The molecule has 3 rings (SSSR count). The lowest BCUT2D eigenvalue weighted by molar-refractivity contribution is 0.588. The van der Waals surface area contributed by atoms with E-state index in [4.69, 9.17) is 0 Å². The molecule has 2 heteroatoms. The number of hydrogen-bond acceptors (Lipinski definition) is 2. The molecule has 1 N–H and O–H groups in total. The van der Waals surface area contributed by atoms with E-state index in [1.54, 1.807) is 0 Å². The van der Waals surface area contributed by atoms with Crippen LogP contribution in [0.2, 0.25) is 0 Å². The second-order valence-corrected chi connectivity index (χ2v) is 9.23. The highest BCUT2D eigenvalue weighted by atomic mass is 32.2. The van der Waals surface area contributed by atoms with E-state index in [9.17, 15) is 0 Å². The van der Waals surface area contributed by atoms with Crippen LogP contribution in [0.15, 0.2) is 46.2 Å². The van der Waals surface area contributed by atoms with Crippen LogP contribution in [0.3, 0.4) is 0 Å². The van der Waals surface area contributed by atoms with Crippen molar-refractivity contribution in [1.82, 2.24) is 0 Å². The zero-order chi connectivity index (χ0) is 16.1. The van der Waals surface area contributed by atoms with Crippen molar-refractivity contribution in [3.8, 4) is 0 Å². The Morgan fingerprint density at radius 1 is 0.682 bits per heavy atom. The highest BCUT2D eigenvalue weighted by Crippen LogP contribution is 2.46. The average molecular weight is 311 g/mol. The maximum atomic E-state index is 3.61. The SMILES string of the molecule is CC(C)(C)c1ccc2c(c1)Nc1ccc(C(C)(C)C)cc1S2. The normalized spacial score (nSPS) is 14.1. The summed E-state index contributed by atoms with van der Waals surface area (Å²) in [6.45, 7) is 13.6. The largest absolute Gasteiger partial charge is 0.354 e. The first-order valence-electron chi connectivity index (χ1n) is 7.88. The molecule has 0 radical (unpaired) electrons. The van der Waals surface area contributed by atoms with Gasteiger partial charge in [0.2, 0.25) is 0 Å². The Kier molecular flexibility index (Phi) is 3.56. The van der Waals surface area contributed by atoms with E-state index in [1.807, 2.05) is 11.8 Å². The summed E-state index contributed by atoms with van der Waals surface area (Å²) in [5.74, 6) is 0. The standard InChI is InChI=1S/C20H25NS/c1-19(2,3)13-8-10-17-16(11-13)21-15-9-7-14(20(4,5)6)12-18(15)22-17/h7-12,21H,1-6H3. The number of nitrogens with one attached hydrogen (secondary N) is 1. The van der Waals surface area contributed by atoms with Crippen molar-refractivity contribution >= 4 is 23.1 Å². The zero-order valence-electron chi connectivity index (χ0n) is 14.4. The van der Waals surface area contributed by atoms with Gasteiger partial charge in [-0.1, -0.05) is 65.4 Å². The van der Waals surface area contributed by atoms with Crippen molar-refractivity contribution < 1.29 is 0 Å². The van der Waals surface area contributed by atoms with Crippen LogP contribution in [-0.4, -0.2) is 0 Å². The molecule has 0 aromatic heterocycles. The van der Waals surface area contributed by atoms with Crippen LogP contribution >= 0.6 is 11.8 Å². The number of hydrogen-bond donors (Lipinski definition) is 1. The Morgan fingerprint density at radius 2 is 1.27 bits per heavy atom.